The first-order valence-electron chi connectivity index (χ1n) is 40.5. The molecule has 4 aromatic carbocycles. The Bertz CT molecular complexity index is 4490. The van der Waals surface area contributed by atoms with Crippen molar-refractivity contribution in [3.63, 3.8) is 0 Å². The summed E-state index contributed by atoms with van der Waals surface area (Å²) < 4.78 is 93.8. The Morgan fingerprint density at radius 2 is 0.562 bits per heavy atom. The van der Waals surface area contributed by atoms with Gasteiger partial charge in [-0.15, -0.1) is 0 Å². The van der Waals surface area contributed by atoms with E-state index >= 15 is 0 Å². The minimum absolute atomic E-state index is 0.0716. The van der Waals surface area contributed by atoms with Crippen molar-refractivity contribution in [2.45, 2.75) is 42.3 Å². The van der Waals surface area contributed by atoms with Gasteiger partial charge in [-0.05, 0) is 101 Å². The monoisotopic (exact) mass is 1800 g/mol. The van der Waals surface area contributed by atoms with E-state index in [1.807, 2.05) is 24.3 Å². The summed E-state index contributed by atoms with van der Waals surface area (Å²) >= 11 is 0. The Morgan fingerprint density at radius 1 is 0.285 bits per heavy atom. The molecule has 4 aliphatic carbocycles. The zero-order valence-corrected chi connectivity index (χ0v) is 72.3. The molecule has 32 heteroatoms. The van der Waals surface area contributed by atoms with Crippen LogP contribution in [0, 0.1) is 40.9 Å². The number of rotatable bonds is 53. The Balaban J connectivity index is 0.000000316. The number of benzene rings is 4. The first-order chi connectivity index (χ1) is 62.5. The van der Waals surface area contributed by atoms with Gasteiger partial charge in [0.05, 0.1) is 50.5 Å². The number of hydrogen-bond acceptors (Lipinski definition) is 32. The van der Waals surface area contributed by atoms with E-state index in [9.17, 15) is 67.1 Å². The van der Waals surface area contributed by atoms with Crippen molar-refractivity contribution in [3.8, 4) is 22.6 Å². The molecule has 692 valence electrons. The number of hydrogen-bond donors (Lipinski definition) is 0. The summed E-state index contributed by atoms with van der Waals surface area (Å²) in [5, 5.41) is 0. The lowest BCUT2D eigenvalue weighted by Crippen LogP contribution is -2.51. The highest BCUT2D eigenvalue weighted by molar-refractivity contribution is 5.89. The summed E-state index contributed by atoms with van der Waals surface area (Å²) in [5.74, 6) is -5.32. The normalized spacial score (nSPS) is 15.7. The van der Waals surface area contributed by atoms with Gasteiger partial charge in [-0.3, -0.25) is 0 Å². The quantitative estimate of drug-likeness (QED) is 0.0151. The molecular formula is C98H108O32. The molecule has 0 heterocycles. The second kappa shape index (κ2) is 55.1. The van der Waals surface area contributed by atoms with E-state index in [1.54, 1.807) is 0 Å². The Hall–Kier alpha value is -14.7. The maximum atomic E-state index is 12.1. The summed E-state index contributed by atoms with van der Waals surface area (Å²) in [5.41, 5.74) is 1.26. The summed E-state index contributed by atoms with van der Waals surface area (Å²) in [4.78, 5) is 162. The topological polar surface area (TPSA) is 405 Å². The minimum Gasteiger partial charge on any atom is -0.490 e. The summed E-state index contributed by atoms with van der Waals surface area (Å²) in [6, 6.07) is 33.1. The molecule has 0 aliphatic heterocycles. The van der Waals surface area contributed by atoms with E-state index in [-0.39, 0.29) is 58.2 Å². The Morgan fingerprint density at radius 3 is 0.877 bits per heavy atom. The predicted octanol–water partition coefficient (Wildman–Crippen LogP) is 10.8. The van der Waals surface area contributed by atoms with Crippen LogP contribution in [-0.4, -0.2) is 214 Å². The molecule has 0 N–H and O–H groups in total. The van der Waals surface area contributed by atoms with Crippen molar-refractivity contribution in [1.29, 1.82) is 0 Å². The van der Waals surface area contributed by atoms with Crippen LogP contribution < -0.4 is 9.47 Å². The highest BCUT2D eigenvalue weighted by Gasteiger charge is 2.59. The van der Waals surface area contributed by atoms with Gasteiger partial charge in [-0.2, -0.15) is 0 Å². The van der Waals surface area contributed by atoms with E-state index in [1.165, 1.54) is 60.1 Å². The maximum Gasteiger partial charge on any atom is 0.331 e. The smallest absolute Gasteiger partial charge is 0.331 e. The molecule has 3 saturated carbocycles. The average molecular weight is 1800 g/mol. The van der Waals surface area contributed by atoms with Crippen LogP contribution >= 0.6 is 0 Å². The van der Waals surface area contributed by atoms with Crippen molar-refractivity contribution in [1.82, 2.24) is 0 Å². The molecule has 32 nitrogen and oxygen atoms in total. The van der Waals surface area contributed by atoms with Crippen LogP contribution in [0.1, 0.15) is 47.9 Å². The molecule has 130 heavy (non-hydrogen) atoms. The van der Waals surface area contributed by atoms with Crippen LogP contribution in [0.5, 0.6) is 11.5 Å². The largest absolute Gasteiger partial charge is 0.490 e. The van der Waals surface area contributed by atoms with Gasteiger partial charge in [0.15, 0.2) is 0 Å². The third kappa shape index (κ3) is 32.3. The van der Waals surface area contributed by atoms with Crippen molar-refractivity contribution in [3.05, 3.63) is 296 Å². The predicted molar refractivity (Wildman–Crippen MR) is 470 cm³/mol. The third-order valence-electron chi connectivity index (χ3n) is 20.5. The average Bonchev–Trinajstić information content (AvgIpc) is 1.54. The van der Waals surface area contributed by atoms with E-state index in [0.29, 0.717) is 48.4 Å². The number of carbonyl (C=O) groups is 14. The molecule has 8 rings (SSSR count). The first kappa shape index (κ1) is 106. The van der Waals surface area contributed by atoms with Crippen molar-refractivity contribution in [2.75, 3.05) is 119 Å². The Kier molecular flexibility index (Phi) is 44.8. The maximum absolute atomic E-state index is 12.1. The lowest BCUT2D eigenvalue weighted by Gasteiger charge is -2.37. The zero-order valence-electron chi connectivity index (χ0n) is 72.3. The molecule has 4 aliphatic rings. The van der Waals surface area contributed by atoms with Crippen molar-refractivity contribution in [2.24, 2.45) is 40.9 Å². The lowest BCUT2D eigenvalue weighted by molar-refractivity contribution is -0.193. The van der Waals surface area contributed by atoms with Gasteiger partial charge in [-0.1, -0.05) is 171 Å². The molecule has 0 spiro atoms. The fraction of sp³-hybridized carbons (Fsp3) is 0.327. The van der Waals surface area contributed by atoms with Crippen LogP contribution in [0.15, 0.2) is 274 Å². The van der Waals surface area contributed by atoms with Gasteiger partial charge < -0.3 is 85.3 Å². The lowest BCUT2D eigenvalue weighted by atomic mass is 9.68. The fourth-order valence-corrected chi connectivity index (χ4v) is 14.7. The molecule has 0 saturated heterocycles. The number of ether oxygens (including phenoxy) is 18. The van der Waals surface area contributed by atoms with E-state index in [0.717, 1.165) is 95.9 Å². The fourth-order valence-electron chi connectivity index (χ4n) is 14.7. The summed E-state index contributed by atoms with van der Waals surface area (Å²) in [7, 11) is 0. The molecular weight excluding hydrogens is 1690 g/mol. The molecule has 6 unspecified atom stereocenters. The minimum atomic E-state index is -1.93. The second-order valence-corrected chi connectivity index (χ2v) is 28.9. The van der Waals surface area contributed by atoms with Gasteiger partial charge in [0.25, 0.3) is 0 Å². The number of carbonyl (C=O) groups excluding carboxylic acids is 14. The van der Waals surface area contributed by atoms with Gasteiger partial charge in [0.1, 0.15) is 90.8 Å². The van der Waals surface area contributed by atoms with E-state index in [2.05, 4.69) is 165 Å². The molecule has 0 radical (unpaired) electrons. The standard InChI is InChI=1S/C35H30O6.C27H32O13.C18H22O9.C18H24O4/c1-3-33(36)40-23-21-38-27-17-13-25(14-18-27)35(26-15-19-28(20-16-26)39-22-24-41-34(37)4-2)31-11-7-5-9-29(31)30-10-6-8-12-32(30)35;1-7-20(28)35-14-26(15-36-21(29)8-2,16-37-22(30)9-3)13-34-17-27(40-25(33)12-6,18-38-23(31)10-4)19-39-24(32)11-5;1-5-14(19)24-10-9-23-11-18(27-17(22)8-4,12-25-15(20)6-2)13-26-16(21)7-3;1-3-17(19)21-9-15-13-8-14(12-7-5-6-11(12)13)16(15)10-22-18(20)4-2/h3-20H,1-2,21-24H2;7-12H,1-6,13-19H2;5-8H,1-4,9-13H2;3-4,11-16H,1-2,5-10H2. The van der Waals surface area contributed by atoms with Crippen LogP contribution in [0.25, 0.3) is 11.1 Å². The van der Waals surface area contributed by atoms with Crippen LogP contribution in [0.2, 0.25) is 0 Å². The third-order valence-corrected chi connectivity index (χ3v) is 20.5. The summed E-state index contributed by atoms with van der Waals surface area (Å²) in [6.07, 6.45) is 18.6. The summed E-state index contributed by atoms with van der Waals surface area (Å²) in [6.45, 7) is 42.6. The Labute approximate surface area is 753 Å². The molecule has 3 fully saturated rings. The van der Waals surface area contributed by atoms with E-state index in [4.69, 9.17) is 85.3 Å². The molecule has 0 amide bonds. The second-order valence-electron chi connectivity index (χ2n) is 28.9. The number of esters is 14. The number of fused-ring (bicyclic) bond motifs is 8. The van der Waals surface area contributed by atoms with Crippen molar-refractivity contribution >= 4 is 83.6 Å². The molecule has 4 aromatic rings. The zero-order chi connectivity index (χ0) is 95.7. The molecule has 0 aromatic heterocycles. The molecule has 2 bridgehead atoms. The highest BCUT2D eigenvalue weighted by atomic mass is 16.7. The van der Waals surface area contributed by atoms with Gasteiger partial charge in [0, 0.05) is 96.9 Å². The highest BCUT2D eigenvalue weighted by Crippen LogP contribution is 2.63. The van der Waals surface area contributed by atoms with Gasteiger partial charge in [0.2, 0.25) is 11.2 Å². The van der Waals surface area contributed by atoms with Crippen LogP contribution in [-0.2, 0) is 148 Å². The molecule has 6 atom stereocenters. The first-order valence-corrected chi connectivity index (χ1v) is 40.5. The van der Waals surface area contributed by atoms with Crippen LogP contribution in [0.4, 0.5) is 0 Å². The van der Waals surface area contributed by atoms with Gasteiger partial charge >= 0.3 is 83.6 Å². The van der Waals surface area contributed by atoms with E-state index < -0.39 is 153 Å². The SMILES string of the molecule is C=CC(=O)OCC(COCC(COC(=O)C=C)(COC(=O)C=C)OC(=O)C=C)(COC(=O)C=C)COC(=O)C=C.C=CC(=O)OCC1C(COC(=O)C=C)C2CC1C1CCCC12.C=CC(=O)OCCOCC(COC(=O)C=C)(COC(=O)C=C)OC(=O)C=C.C=CC(=O)OCCOc1ccc(C2(c3ccc(OCCOC(=O)C=C)cc3)c3ccccc3-c3ccccc32)cc1. The van der Waals surface area contributed by atoms with Crippen molar-refractivity contribution < 1.29 is 152 Å². The van der Waals surface area contributed by atoms with Gasteiger partial charge in [-0.25, -0.2) is 67.1 Å². The van der Waals surface area contributed by atoms with Crippen LogP contribution in [0.3, 0.4) is 0 Å².